The summed E-state index contributed by atoms with van der Waals surface area (Å²) in [7, 11) is 0. The van der Waals surface area contributed by atoms with Crippen LogP contribution in [-0.4, -0.2) is 105 Å². The third-order valence-corrected chi connectivity index (χ3v) is 14.2. The summed E-state index contributed by atoms with van der Waals surface area (Å²) in [5.74, 6) is -1.27. The largest absolute Gasteiger partial charge is 0.477 e. The number of ether oxygens (including phenoxy) is 2. The summed E-state index contributed by atoms with van der Waals surface area (Å²) in [6, 6.07) is 9.81. The molecule has 2 aromatic carbocycles. The predicted octanol–water partition coefficient (Wildman–Crippen LogP) is 11.7. The number of nitrogens with one attached hydrogen (secondary N) is 1. The minimum absolute atomic E-state index is 0.0364. The van der Waals surface area contributed by atoms with Crippen LogP contribution in [0.15, 0.2) is 48.5 Å². The number of likely N-dealkylation sites (tertiary alicyclic amines) is 3. The first kappa shape index (κ1) is 49.8. The number of rotatable bonds is 2. The average Bonchev–Trinajstić information content (AvgIpc) is 4.02. The van der Waals surface area contributed by atoms with Crippen molar-refractivity contribution in [3.63, 3.8) is 0 Å². The van der Waals surface area contributed by atoms with E-state index in [1.807, 2.05) is 51.3 Å². The zero-order valence-corrected chi connectivity index (χ0v) is 39.0. The molecule has 6 heterocycles. The number of fused-ring (bicyclic) bond motifs is 2. The third-order valence-electron chi connectivity index (χ3n) is 12.0. The van der Waals surface area contributed by atoms with Crippen molar-refractivity contribution in [2.45, 2.75) is 128 Å². The van der Waals surface area contributed by atoms with Crippen LogP contribution in [0, 0.1) is 0 Å². The van der Waals surface area contributed by atoms with Crippen LogP contribution in [-0.2, 0) is 21.8 Å². The van der Waals surface area contributed by atoms with E-state index in [0.29, 0.717) is 63.1 Å². The minimum Gasteiger partial charge on any atom is -0.477 e. The molecule has 0 radical (unpaired) electrons. The number of nitrogens with zero attached hydrogens (tertiary/aromatic N) is 3. The van der Waals surface area contributed by atoms with Crippen molar-refractivity contribution in [3.05, 3.63) is 69.4 Å². The summed E-state index contributed by atoms with van der Waals surface area (Å²) >= 11 is 1.94. The fraction of sp³-hybridized carbons (Fsp3) is 0.565. The maximum Gasteiger partial charge on any atom is 0.416 e. The Morgan fingerprint density at radius 1 is 0.615 bits per heavy atom. The molecule has 2 aromatic heterocycles. The molecule has 8 rings (SSSR count). The molecular weight excluding hydrogens is 899 g/mol. The molecule has 356 valence electrons. The topological polar surface area (TPSA) is 129 Å². The molecule has 2 N–H and O–H groups in total. The van der Waals surface area contributed by atoms with E-state index in [9.17, 15) is 45.5 Å². The van der Waals surface area contributed by atoms with Gasteiger partial charge >= 0.3 is 30.5 Å². The fourth-order valence-corrected chi connectivity index (χ4v) is 10.7. The van der Waals surface area contributed by atoms with Crippen LogP contribution in [0.25, 0.3) is 20.2 Å². The van der Waals surface area contributed by atoms with E-state index < -0.39 is 40.7 Å². The van der Waals surface area contributed by atoms with E-state index in [1.165, 1.54) is 31.0 Å². The summed E-state index contributed by atoms with van der Waals surface area (Å²) in [6.07, 6.45) is -1.59. The first-order chi connectivity index (χ1) is 30.2. The lowest BCUT2D eigenvalue weighted by atomic mass is 9.85. The molecule has 4 aliphatic heterocycles. The van der Waals surface area contributed by atoms with E-state index >= 15 is 0 Å². The van der Waals surface area contributed by atoms with Gasteiger partial charge < -0.3 is 34.6 Å². The average molecular weight is 955 g/mol. The lowest BCUT2D eigenvalue weighted by Crippen LogP contribution is -2.55. The van der Waals surface area contributed by atoms with Crippen molar-refractivity contribution in [2.75, 3.05) is 39.3 Å². The van der Waals surface area contributed by atoms with Crippen molar-refractivity contribution >= 4 is 66.9 Å². The molecule has 4 saturated heterocycles. The molecule has 11 nitrogen and oxygen atoms in total. The maximum absolute atomic E-state index is 13.4. The first-order valence-corrected chi connectivity index (χ1v) is 23.3. The van der Waals surface area contributed by atoms with E-state index in [1.54, 1.807) is 11.0 Å². The first-order valence-electron chi connectivity index (χ1n) is 21.6. The monoisotopic (exact) mass is 954 g/mol. The second-order valence-corrected chi connectivity index (χ2v) is 21.2. The molecule has 2 spiro atoms. The highest BCUT2D eigenvalue weighted by Crippen LogP contribution is 2.42. The number of amides is 3. The van der Waals surface area contributed by atoms with Crippen molar-refractivity contribution in [3.8, 4) is 0 Å². The normalized spacial score (nSPS) is 18.6. The van der Waals surface area contributed by atoms with Gasteiger partial charge in [-0.05, 0) is 147 Å². The van der Waals surface area contributed by atoms with E-state index in [4.69, 9.17) is 14.6 Å². The van der Waals surface area contributed by atoms with Crippen LogP contribution in [0.4, 0.5) is 35.9 Å². The minimum atomic E-state index is -4.41. The second kappa shape index (κ2) is 18.9. The van der Waals surface area contributed by atoms with Crippen LogP contribution in [0.3, 0.4) is 0 Å². The van der Waals surface area contributed by atoms with Crippen LogP contribution in [0.1, 0.15) is 123 Å². The lowest BCUT2D eigenvalue weighted by Gasteiger charge is -2.44. The van der Waals surface area contributed by atoms with Gasteiger partial charge in [-0.3, -0.25) is 4.79 Å². The molecule has 4 aromatic rings. The van der Waals surface area contributed by atoms with Gasteiger partial charge in [0.05, 0.1) is 16.0 Å². The summed E-state index contributed by atoms with van der Waals surface area (Å²) in [4.78, 5) is 54.2. The highest BCUT2D eigenvalue weighted by atomic mass is 32.1. The Morgan fingerprint density at radius 3 is 1.51 bits per heavy atom. The number of aromatic carboxylic acids is 1. The predicted molar refractivity (Wildman–Crippen MR) is 238 cm³/mol. The zero-order chi connectivity index (χ0) is 47.8. The third kappa shape index (κ3) is 12.4. The Kier molecular flexibility index (Phi) is 14.5. The van der Waals surface area contributed by atoms with Gasteiger partial charge in [-0.2, -0.15) is 26.3 Å². The fourth-order valence-electron chi connectivity index (χ4n) is 8.71. The number of benzene rings is 2. The number of halogens is 6. The number of piperidine rings is 2. The summed E-state index contributed by atoms with van der Waals surface area (Å²) in [5, 5.41) is 13.5. The molecule has 4 fully saturated rings. The Morgan fingerprint density at radius 2 is 1.08 bits per heavy atom. The Labute approximate surface area is 382 Å². The number of hydrogen-bond acceptors (Lipinski definition) is 9. The molecule has 0 saturated carbocycles. The van der Waals surface area contributed by atoms with Gasteiger partial charge in [-0.15, -0.1) is 22.7 Å². The molecule has 0 unspecified atom stereocenters. The second-order valence-electron chi connectivity index (χ2n) is 19.1. The van der Waals surface area contributed by atoms with Crippen molar-refractivity contribution in [2.24, 2.45) is 0 Å². The standard InChI is InChI=1S/C23H27F3N2O3S.C13H24N2O2.C10H5F3O2S/c1-21(2,3)31-20(30)27-11-8-22(9-12-27)7-4-10-28(22)19(29)18-13-15-5-6-16(23(24,25)26)14-17(15)32-18;1-12(2,3)17-11(16)15-9-6-13(7-10-15)5-4-8-14-13;11-10(12,13)6-2-1-5-3-8(9(14)15)16-7(5)4-6/h5-6,13-14H,4,7-12H2,1-3H3;14H,4-10H2,1-3H3;1-4H,(H,14,15). The van der Waals surface area contributed by atoms with Crippen LogP contribution in [0.2, 0.25) is 0 Å². The smallest absolute Gasteiger partial charge is 0.416 e. The number of carboxylic acids is 1. The van der Waals surface area contributed by atoms with Gasteiger partial charge in [0.15, 0.2) is 0 Å². The van der Waals surface area contributed by atoms with Gasteiger partial charge in [0.25, 0.3) is 5.91 Å². The molecule has 4 aliphatic rings. The molecular formula is C46H56F6N4O7S2. The number of carbonyl (C=O) groups excluding carboxylic acids is 3. The Balaban J connectivity index is 0.000000178. The number of alkyl halides is 6. The van der Waals surface area contributed by atoms with E-state index in [0.717, 1.165) is 92.3 Å². The summed E-state index contributed by atoms with van der Waals surface area (Å²) < 4.78 is 87.9. The maximum atomic E-state index is 13.4. The van der Waals surface area contributed by atoms with E-state index in [2.05, 4.69) is 5.32 Å². The number of thiophene rings is 2. The van der Waals surface area contributed by atoms with Crippen LogP contribution in [0.5, 0.6) is 0 Å². The van der Waals surface area contributed by atoms with Crippen LogP contribution < -0.4 is 5.32 Å². The number of carbonyl (C=O) groups is 4. The number of carboxylic acid groups (broad SMARTS) is 1. The zero-order valence-electron chi connectivity index (χ0n) is 37.3. The SMILES string of the molecule is CC(C)(C)OC(=O)N1CCC2(CCCN2)CC1.CC(C)(C)OC(=O)N1CCC2(CCCN2C(=O)c2cc3ccc(C(F)(F)F)cc3s2)CC1.O=C(O)c1cc2ccc(C(F)(F)F)cc2s1. The van der Waals surface area contributed by atoms with Crippen LogP contribution >= 0.6 is 22.7 Å². The van der Waals surface area contributed by atoms with Gasteiger partial charge in [0.1, 0.15) is 16.1 Å². The molecule has 0 bridgehead atoms. The van der Waals surface area contributed by atoms with Crippen molar-refractivity contribution in [1.82, 2.24) is 20.0 Å². The quantitative estimate of drug-likeness (QED) is 0.190. The lowest BCUT2D eigenvalue weighted by molar-refractivity contribution is -0.138. The Bertz CT molecular complexity index is 2360. The highest BCUT2D eigenvalue weighted by Gasteiger charge is 2.47. The number of hydrogen-bond donors (Lipinski definition) is 2. The molecule has 19 heteroatoms. The van der Waals surface area contributed by atoms with Gasteiger partial charge in [-0.1, -0.05) is 12.1 Å². The van der Waals surface area contributed by atoms with Gasteiger partial charge in [0, 0.05) is 53.2 Å². The molecule has 0 atom stereocenters. The van der Waals surface area contributed by atoms with Crippen molar-refractivity contribution < 1.29 is 60.1 Å². The van der Waals surface area contributed by atoms with Crippen molar-refractivity contribution in [1.29, 1.82) is 0 Å². The van der Waals surface area contributed by atoms with Gasteiger partial charge in [0.2, 0.25) is 0 Å². The molecule has 3 amide bonds. The summed E-state index contributed by atoms with van der Waals surface area (Å²) in [6.45, 7) is 15.6. The van der Waals surface area contributed by atoms with Gasteiger partial charge in [-0.25, -0.2) is 14.4 Å². The summed E-state index contributed by atoms with van der Waals surface area (Å²) in [5.41, 5.74) is -2.43. The Hall–Kier alpha value is -4.62. The molecule has 0 aliphatic carbocycles. The van der Waals surface area contributed by atoms with E-state index in [-0.39, 0.29) is 28.5 Å². The molecule has 65 heavy (non-hydrogen) atoms. The highest BCUT2D eigenvalue weighted by molar-refractivity contribution is 7.21.